The van der Waals surface area contributed by atoms with Gasteiger partial charge in [-0.25, -0.2) is 18.8 Å². The largest absolute Gasteiger partial charge is 0.477 e. The Hall–Kier alpha value is -5.53. The van der Waals surface area contributed by atoms with Gasteiger partial charge < -0.3 is 45.2 Å². The van der Waals surface area contributed by atoms with Gasteiger partial charge in [-0.3, -0.25) is 24.1 Å². The highest BCUT2D eigenvalue weighted by Crippen LogP contribution is 2.44. The summed E-state index contributed by atoms with van der Waals surface area (Å²) >= 11 is 8.13. The number of carbonyl (C=O) groups excluding carboxylic acids is 5. The van der Waals surface area contributed by atoms with Gasteiger partial charge in [0.2, 0.25) is 23.0 Å². The number of thiophene rings is 1. The van der Waals surface area contributed by atoms with Crippen LogP contribution in [0.1, 0.15) is 137 Å². The molecule has 0 bridgehead atoms. The van der Waals surface area contributed by atoms with E-state index in [1.807, 2.05) is 17.5 Å². The standard InChI is InChI=1S/C49H62ClFN6O11S/c1-66-49(54-39(59)25-33-16-14-24-69-33)37-21-18-30(29-68-48(52)65)42(57(37)47(49)64)46(63)67-23-13-9-7-5-3-2-4-6-8-10-17-38(58)53-31-15-11-12-22-55(27-31)43-35(50)26-36-40(41(43)51)44(60)34(45(61)62)28-56(36)32-19-20-32/h14,16,24,26,28,31-32,37H,2-13,15,17-23,25,27,29H2,1H3,(H2,52,65)(H,53,58)(H,54,59)(H,61,62)/t31-,37+,49+/m0/s1. The van der Waals surface area contributed by atoms with Gasteiger partial charge in [-0.15, -0.1) is 11.3 Å². The van der Waals surface area contributed by atoms with Crippen LogP contribution in [0.15, 0.2) is 45.8 Å². The van der Waals surface area contributed by atoms with Gasteiger partial charge in [0.1, 0.15) is 17.9 Å². The number of esters is 1. The van der Waals surface area contributed by atoms with Crippen LogP contribution in [0.4, 0.5) is 14.9 Å². The Bertz CT molecular complexity index is 2500. The second kappa shape index (κ2) is 23.4. The van der Waals surface area contributed by atoms with Crippen LogP contribution in [0.2, 0.25) is 5.02 Å². The predicted octanol–water partition coefficient (Wildman–Crippen LogP) is 7.25. The summed E-state index contributed by atoms with van der Waals surface area (Å²) in [6.07, 6.45) is 14.5. The van der Waals surface area contributed by atoms with Gasteiger partial charge in [0, 0.05) is 49.8 Å². The zero-order valence-electron chi connectivity index (χ0n) is 39.0. The lowest BCUT2D eigenvalue weighted by Crippen LogP contribution is -2.81. The SMILES string of the molecule is CO[C@@]1(NC(=O)Cc2cccs2)C(=O)N2C(C(=O)OCCCCCCCCCCCCC(=O)N[C@H]3CCCCN(c4c(Cl)cc5c(c4F)c(=O)c(C(=O)O)cn5C4CC4)C3)=C(COC(N)=O)CC[C@@H]21. The molecule has 0 spiro atoms. The number of carboxylic acids is 1. The number of rotatable bonds is 24. The lowest BCUT2D eigenvalue weighted by molar-refractivity contribution is -0.206. The number of nitrogens with one attached hydrogen (secondary N) is 2. The summed E-state index contributed by atoms with van der Waals surface area (Å²) in [5.41, 5.74) is 2.92. The summed E-state index contributed by atoms with van der Waals surface area (Å²) in [7, 11) is 1.34. The smallest absolute Gasteiger partial charge is 0.404 e. The first-order valence-electron chi connectivity index (χ1n) is 24.1. The number of hydrogen-bond donors (Lipinski definition) is 4. The van der Waals surface area contributed by atoms with Crippen molar-refractivity contribution in [3.8, 4) is 0 Å². The fourth-order valence-electron chi connectivity index (χ4n) is 9.86. The first-order chi connectivity index (χ1) is 33.2. The van der Waals surface area contributed by atoms with Gasteiger partial charge >= 0.3 is 18.0 Å². The van der Waals surface area contributed by atoms with Gasteiger partial charge in [0.15, 0.2) is 5.82 Å². The lowest BCUT2D eigenvalue weighted by atomic mass is 9.80. The molecule has 69 heavy (non-hydrogen) atoms. The maximum absolute atomic E-state index is 16.4. The molecule has 3 aliphatic heterocycles. The average Bonchev–Trinajstić information content (AvgIpc) is 4.08. The molecule has 1 saturated carbocycles. The molecule has 374 valence electrons. The summed E-state index contributed by atoms with van der Waals surface area (Å²) in [6.45, 7) is 0.634. The number of β-lactam (4-membered cyclic amide) rings is 1. The third-order valence-electron chi connectivity index (χ3n) is 13.5. The number of amides is 4. The van der Waals surface area contributed by atoms with Crippen LogP contribution in [0, 0.1) is 5.82 Å². The zero-order chi connectivity index (χ0) is 49.2. The third kappa shape index (κ3) is 12.1. The Morgan fingerprint density at radius 2 is 1.67 bits per heavy atom. The number of aromatic carboxylic acids is 1. The van der Waals surface area contributed by atoms with Crippen molar-refractivity contribution in [3.63, 3.8) is 0 Å². The highest BCUT2D eigenvalue weighted by Gasteiger charge is 2.66. The molecule has 0 unspecified atom stereocenters. The Morgan fingerprint density at radius 1 is 0.957 bits per heavy atom. The number of primary amides is 1. The van der Waals surface area contributed by atoms with Gasteiger partial charge in [0.05, 0.1) is 40.7 Å². The number of carboxylic acid groups (broad SMARTS) is 1. The van der Waals surface area contributed by atoms with E-state index in [0.717, 1.165) is 88.3 Å². The van der Waals surface area contributed by atoms with Crippen molar-refractivity contribution in [2.24, 2.45) is 5.73 Å². The number of ether oxygens (including phenoxy) is 3. The summed E-state index contributed by atoms with van der Waals surface area (Å²) in [6, 6.07) is 4.29. The zero-order valence-corrected chi connectivity index (χ0v) is 40.6. The van der Waals surface area contributed by atoms with Gasteiger partial charge in [-0.1, -0.05) is 69.0 Å². The summed E-state index contributed by atoms with van der Waals surface area (Å²) in [5.74, 6) is -4.03. The average molecular weight is 998 g/mol. The van der Waals surface area contributed by atoms with E-state index in [1.165, 1.54) is 29.5 Å². The number of anilines is 1. The maximum atomic E-state index is 16.4. The van der Waals surface area contributed by atoms with Crippen LogP contribution < -0.4 is 26.7 Å². The molecule has 4 aliphatic rings. The number of unbranched alkanes of at least 4 members (excludes halogenated alkanes) is 9. The van der Waals surface area contributed by atoms with Crippen molar-refractivity contribution in [1.29, 1.82) is 0 Å². The van der Waals surface area contributed by atoms with Gasteiger partial charge in [-0.2, -0.15) is 0 Å². The van der Waals surface area contributed by atoms with E-state index in [1.54, 1.807) is 15.5 Å². The van der Waals surface area contributed by atoms with Crippen LogP contribution >= 0.6 is 22.9 Å². The number of halogens is 2. The van der Waals surface area contributed by atoms with Crippen molar-refractivity contribution < 1.29 is 52.5 Å². The quantitative estimate of drug-likeness (QED) is 0.0301. The van der Waals surface area contributed by atoms with Crippen LogP contribution in [-0.4, -0.2) is 102 Å². The third-order valence-corrected chi connectivity index (χ3v) is 14.7. The number of nitrogens with zero attached hydrogens (tertiary/aromatic N) is 3. The van der Waals surface area contributed by atoms with Gasteiger partial charge in [-0.05, 0) is 80.9 Å². The molecule has 0 radical (unpaired) electrons. The van der Waals surface area contributed by atoms with E-state index >= 15 is 4.39 Å². The summed E-state index contributed by atoms with van der Waals surface area (Å²) < 4.78 is 34.3. The molecule has 7 rings (SSSR count). The van der Waals surface area contributed by atoms with Gasteiger partial charge in [0.25, 0.3) is 5.91 Å². The highest BCUT2D eigenvalue weighted by molar-refractivity contribution is 7.10. The molecular formula is C49H62ClFN6O11S. The molecule has 2 saturated heterocycles. The first-order valence-corrected chi connectivity index (χ1v) is 25.4. The first kappa shape index (κ1) is 51.3. The minimum Gasteiger partial charge on any atom is -0.477 e. The monoisotopic (exact) mass is 996 g/mol. The Morgan fingerprint density at radius 3 is 2.32 bits per heavy atom. The van der Waals surface area contributed by atoms with Crippen molar-refractivity contribution in [3.05, 3.63) is 72.5 Å². The molecule has 3 atom stereocenters. The predicted molar refractivity (Wildman–Crippen MR) is 256 cm³/mol. The van der Waals surface area contributed by atoms with Crippen LogP contribution in [-0.2, 0) is 39.8 Å². The van der Waals surface area contributed by atoms with Crippen molar-refractivity contribution in [2.45, 2.75) is 146 Å². The number of fused-ring (bicyclic) bond motifs is 2. The second-order valence-electron chi connectivity index (χ2n) is 18.4. The number of methoxy groups -OCH3 is 1. The molecule has 3 aromatic rings. The summed E-state index contributed by atoms with van der Waals surface area (Å²) in [5, 5.41) is 17.3. The molecule has 20 heteroatoms. The number of carbonyl (C=O) groups is 6. The molecule has 17 nitrogen and oxygen atoms in total. The minimum atomic E-state index is -1.64. The minimum absolute atomic E-state index is 0.0126. The molecule has 3 fully saturated rings. The van der Waals surface area contributed by atoms with E-state index < -0.39 is 52.5 Å². The Kier molecular flexibility index (Phi) is 17.4. The molecule has 5 N–H and O–H groups in total. The fraction of sp³-hybridized carbons (Fsp3) is 0.571. The number of nitrogens with two attached hydrogens (primary N) is 1. The Balaban J connectivity index is 0.780. The number of benzene rings is 1. The molecule has 4 amide bonds. The van der Waals surface area contributed by atoms with Crippen LogP contribution in [0.5, 0.6) is 0 Å². The van der Waals surface area contributed by atoms with Crippen LogP contribution in [0.25, 0.3) is 10.9 Å². The molecule has 1 aromatic carbocycles. The number of hydrogen-bond acceptors (Lipinski definition) is 12. The van der Waals surface area contributed by atoms with E-state index in [4.69, 9.17) is 31.5 Å². The molecule has 5 heterocycles. The summed E-state index contributed by atoms with van der Waals surface area (Å²) in [4.78, 5) is 93.5. The fourth-order valence-corrected chi connectivity index (χ4v) is 10.9. The lowest BCUT2D eigenvalue weighted by Gasteiger charge is -2.56. The molecular weight excluding hydrogens is 935 g/mol. The normalized spacial score (nSPS) is 20.2. The van der Waals surface area contributed by atoms with E-state index in [9.17, 15) is 38.7 Å². The highest BCUT2D eigenvalue weighted by atomic mass is 35.5. The van der Waals surface area contributed by atoms with Crippen molar-refractivity contribution in [2.75, 3.05) is 38.3 Å². The van der Waals surface area contributed by atoms with Crippen molar-refractivity contribution in [1.82, 2.24) is 20.1 Å². The number of aromatic nitrogens is 1. The molecule has 2 aromatic heterocycles. The van der Waals surface area contributed by atoms with E-state index in [0.29, 0.717) is 44.3 Å². The Labute approximate surface area is 408 Å². The van der Waals surface area contributed by atoms with Crippen LogP contribution in [0.3, 0.4) is 0 Å². The molecule has 1 aliphatic carbocycles. The number of pyridine rings is 1. The van der Waals surface area contributed by atoms with Crippen molar-refractivity contribution >= 4 is 75.3 Å². The second-order valence-corrected chi connectivity index (χ2v) is 19.8. The maximum Gasteiger partial charge on any atom is 0.404 e. The topological polar surface area (TPSA) is 229 Å². The van der Waals surface area contributed by atoms with E-state index in [-0.39, 0.29) is 77.3 Å². The van der Waals surface area contributed by atoms with E-state index in [2.05, 4.69) is 10.6 Å².